The molecule has 1 atom stereocenters. The highest BCUT2D eigenvalue weighted by molar-refractivity contribution is 8.02. The second-order valence-electron chi connectivity index (χ2n) is 2.07. The maximum Gasteiger partial charge on any atom is 0.160 e. The highest BCUT2D eigenvalue weighted by Crippen LogP contribution is 2.33. The normalized spacial score (nSPS) is 16.4. The van der Waals surface area contributed by atoms with Crippen LogP contribution in [0.15, 0.2) is 0 Å². The monoisotopic (exact) mass is 180 g/mol. The molecule has 0 N–H and O–H groups in total. The average Bonchev–Trinajstić information content (AvgIpc) is 1.88. The van der Waals surface area contributed by atoms with Crippen LogP contribution in [0.4, 0.5) is 0 Å². The molecule has 1 unspecified atom stereocenters. The van der Waals surface area contributed by atoms with Gasteiger partial charge in [-0.2, -0.15) is 0 Å². The molecule has 60 valence electrons. The zero-order chi connectivity index (χ0) is 8.20. The minimum absolute atomic E-state index is 0.0588. The van der Waals surface area contributed by atoms with Crippen LogP contribution in [0.1, 0.15) is 27.2 Å². The number of carbonyl (C=O) groups excluding carboxylic acids is 1. The van der Waals surface area contributed by atoms with Gasteiger partial charge in [-0.1, -0.05) is 25.4 Å². The van der Waals surface area contributed by atoms with Crippen molar-refractivity contribution in [2.45, 2.75) is 31.4 Å². The van der Waals surface area contributed by atoms with Gasteiger partial charge in [-0.25, -0.2) is 0 Å². The Morgan fingerprint density at radius 3 is 2.20 bits per heavy atom. The Morgan fingerprint density at radius 2 is 2.10 bits per heavy atom. The van der Waals surface area contributed by atoms with Crippen LogP contribution in [0.3, 0.4) is 0 Å². The van der Waals surface area contributed by atoms with E-state index in [0.29, 0.717) is 6.42 Å². The van der Waals surface area contributed by atoms with Crippen molar-refractivity contribution in [2.24, 2.45) is 0 Å². The Kier molecular flexibility index (Phi) is 4.37. The van der Waals surface area contributed by atoms with E-state index in [0.717, 1.165) is 5.75 Å². The number of rotatable bonds is 4. The fraction of sp³-hybridized carbons (Fsp3) is 0.857. The van der Waals surface area contributed by atoms with Crippen molar-refractivity contribution >= 4 is 29.1 Å². The van der Waals surface area contributed by atoms with Crippen LogP contribution in [0, 0.1) is 0 Å². The molecule has 0 radical (unpaired) electrons. The number of ketones is 1. The van der Waals surface area contributed by atoms with Gasteiger partial charge in [-0.15, -0.1) is 11.8 Å². The highest BCUT2D eigenvalue weighted by Gasteiger charge is 2.30. The summed E-state index contributed by atoms with van der Waals surface area (Å²) >= 11 is 7.47. The molecule has 0 saturated carbocycles. The van der Waals surface area contributed by atoms with Gasteiger partial charge in [0.05, 0.1) is 0 Å². The maximum atomic E-state index is 10.9. The van der Waals surface area contributed by atoms with Crippen molar-refractivity contribution in [3.63, 3.8) is 0 Å². The fourth-order valence-corrected chi connectivity index (χ4v) is 1.87. The van der Waals surface area contributed by atoms with E-state index in [1.807, 2.05) is 13.8 Å². The van der Waals surface area contributed by atoms with E-state index in [1.165, 1.54) is 11.8 Å². The molecule has 0 fully saturated rings. The number of carbonyl (C=O) groups is 1. The molecule has 0 rings (SSSR count). The molecule has 0 saturated heterocycles. The Bertz CT molecular complexity index is 127. The zero-order valence-corrected chi connectivity index (χ0v) is 8.18. The van der Waals surface area contributed by atoms with E-state index in [1.54, 1.807) is 6.92 Å². The van der Waals surface area contributed by atoms with Gasteiger partial charge in [-0.3, -0.25) is 4.79 Å². The van der Waals surface area contributed by atoms with Gasteiger partial charge in [-0.05, 0) is 19.1 Å². The van der Waals surface area contributed by atoms with Crippen molar-refractivity contribution < 1.29 is 4.79 Å². The van der Waals surface area contributed by atoms with Gasteiger partial charge in [0.15, 0.2) is 5.78 Å². The summed E-state index contributed by atoms with van der Waals surface area (Å²) in [6.07, 6.45) is 0.697. The standard InChI is InChI=1S/C7H13ClOS/c1-4-7(8,6(3)9)10-5-2/h4-5H2,1-3H3. The largest absolute Gasteiger partial charge is 0.297 e. The molecule has 3 heteroatoms. The van der Waals surface area contributed by atoms with Gasteiger partial charge in [0.1, 0.15) is 4.21 Å². The van der Waals surface area contributed by atoms with E-state index >= 15 is 0 Å². The number of Topliss-reactive ketones (excluding diaryl/α,β-unsaturated/α-hetero) is 1. The first kappa shape index (κ1) is 10.3. The second kappa shape index (κ2) is 4.24. The van der Waals surface area contributed by atoms with Crippen LogP contribution in [0.2, 0.25) is 0 Å². The van der Waals surface area contributed by atoms with Crippen LogP contribution >= 0.6 is 23.4 Å². The van der Waals surface area contributed by atoms with E-state index in [2.05, 4.69) is 0 Å². The summed E-state index contributed by atoms with van der Waals surface area (Å²) in [6, 6.07) is 0. The second-order valence-corrected chi connectivity index (χ2v) is 4.50. The van der Waals surface area contributed by atoms with E-state index in [4.69, 9.17) is 11.6 Å². The maximum absolute atomic E-state index is 10.9. The van der Waals surface area contributed by atoms with Crippen molar-refractivity contribution in [1.29, 1.82) is 0 Å². The predicted molar refractivity (Wildman–Crippen MR) is 47.7 cm³/mol. The lowest BCUT2D eigenvalue weighted by Crippen LogP contribution is -2.25. The molecule has 0 spiro atoms. The van der Waals surface area contributed by atoms with Gasteiger partial charge in [0.25, 0.3) is 0 Å². The smallest absolute Gasteiger partial charge is 0.160 e. The lowest BCUT2D eigenvalue weighted by molar-refractivity contribution is -0.117. The molecule has 0 aromatic carbocycles. The lowest BCUT2D eigenvalue weighted by Gasteiger charge is -2.20. The topological polar surface area (TPSA) is 17.1 Å². The molecule has 0 aromatic rings. The minimum Gasteiger partial charge on any atom is -0.297 e. The van der Waals surface area contributed by atoms with Crippen LogP contribution in [-0.2, 0) is 4.79 Å². The molecule has 0 bridgehead atoms. The molecule has 0 aliphatic rings. The van der Waals surface area contributed by atoms with Crippen molar-refractivity contribution in [2.75, 3.05) is 5.75 Å². The Morgan fingerprint density at radius 1 is 1.60 bits per heavy atom. The van der Waals surface area contributed by atoms with Crippen molar-refractivity contribution in [3.8, 4) is 0 Å². The van der Waals surface area contributed by atoms with Crippen molar-refractivity contribution in [1.82, 2.24) is 0 Å². The molecule has 0 heterocycles. The summed E-state index contributed by atoms with van der Waals surface area (Å²) in [4.78, 5) is 10.9. The van der Waals surface area contributed by atoms with Gasteiger partial charge >= 0.3 is 0 Å². The number of halogens is 1. The molecule has 0 aliphatic heterocycles. The summed E-state index contributed by atoms with van der Waals surface area (Å²) in [6.45, 7) is 5.47. The fourth-order valence-electron chi connectivity index (χ4n) is 0.681. The zero-order valence-electron chi connectivity index (χ0n) is 6.61. The predicted octanol–water partition coefficient (Wildman–Crippen LogP) is 2.67. The highest BCUT2D eigenvalue weighted by atomic mass is 35.5. The number of hydrogen-bond acceptors (Lipinski definition) is 2. The van der Waals surface area contributed by atoms with Gasteiger partial charge < -0.3 is 0 Å². The van der Waals surface area contributed by atoms with E-state index in [9.17, 15) is 4.79 Å². The molecule has 0 aromatic heterocycles. The van der Waals surface area contributed by atoms with E-state index < -0.39 is 4.21 Å². The first-order chi connectivity index (χ1) is 4.56. The van der Waals surface area contributed by atoms with Crippen molar-refractivity contribution in [3.05, 3.63) is 0 Å². The summed E-state index contributed by atoms with van der Waals surface area (Å²) in [5.74, 6) is 0.945. The number of hydrogen-bond donors (Lipinski definition) is 0. The van der Waals surface area contributed by atoms with Gasteiger partial charge in [0.2, 0.25) is 0 Å². The third-order valence-electron chi connectivity index (χ3n) is 1.35. The first-order valence-electron chi connectivity index (χ1n) is 3.40. The number of alkyl halides is 1. The van der Waals surface area contributed by atoms with Crippen LogP contribution in [0.5, 0.6) is 0 Å². The molecule has 1 nitrogen and oxygen atoms in total. The third kappa shape index (κ3) is 2.51. The first-order valence-corrected chi connectivity index (χ1v) is 4.77. The SMILES string of the molecule is CCSC(Cl)(CC)C(C)=O. The van der Waals surface area contributed by atoms with Crippen LogP contribution in [-0.4, -0.2) is 15.7 Å². The summed E-state index contributed by atoms with van der Waals surface area (Å²) in [5.41, 5.74) is 0. The summed E-state index contributed by atoms with van der Waals surface area (Å²) in [7, 11) is 0. The molecular formula is C7H13ClOS. The Labute approximate surface area is 71.5 Å². The average molecular weight is 181 g/mol. The molecular weight excluding hydrogens is 168 g/mol. The third-order valence-corrected chi connectivity index (χ3v) is 3.54. The summed E-state index contributed by atoms with van der Waals surface area (Å²) in [5, 5.41) is 0. The van der Waals surface area contributed by atoms with Crippen LogP contribution < -0.4 is 0 Å². The quantitative estimate of drug-likeness (QED) is 0.619. The summed E-state index contributed by atoms with van der Waals surface area (Å²) < 4.78 is -0.658. The lowest BCUT2D eigenvalue weighted by atomic mass is 10.2. The van der Waals surface area contributed by atoms with Gasteiger partial charge in [0, 0.05) is 0 Å². The molecule has 0 aliphatic carbocycles. The number of thioether (sulfide) groups is 1. The van der Waals surface area contributed by atoms with Crippen LogP contribution in [0.25, 0.3) is 0 Å². The van der Waals surface area contributed by atoms with E-state index in [-0.39, 0.29) is 5.78 Å². The Balaban J connectivity index is 4.08. The molecule has 0 amide bonds. The molecule has 10 heavy (non-hydrogen) atoms. The Hall–Kier alpha value is 0.310. The minimum atomic E-state index is -0.658.